The van der Waals surface area contributed by atoms with Crippen LogP contribution in [0.1, 0.15) is 0 Å². The van der Waals surface area contributed by atoms with Gasteiger partial charge in [0, 0.05) is 95.5 Å². The van der Waals surface area contributed by atoms with Crippen LogP contribution in [0.5, 0.6) is 0 Å². The first-order valence-electron chi connectivity index (χ1n) is 31.4. The molecule has 0 amide bonds. The number of rotatable bonds is 10. The fraction of sp³-hybridized carbons (Fsp3) is 0. The first-order valence-corrected chi connectivity index (χ1v) is 35.0. The van der Waals surface area contributed by atoms with Crippen molar-refractivity contribution in [2.24, 2.45) is 0 Å². The van der Waals surface area contributed by atoms with Crippen molar-refractivity contribution in [1.82, 2.24) is 37.5 Å². The Hall–Kier alpha value is -12.8. The third-order valence-corrected chi connectivity index (χ3v) is 22.9. The minimum Gasteiger partial charge on any atom is -0.289 e. The molecule has 0 bridgehead atoms. The van der Waals surface area contributed by atoms with E-state index in [4.69, 9.17) is 15.8 Å². The van der Waals surface area contributed by atoms with Gasteiger partial charge in [-0.25, -0.2) is 35.7 Å². The smallest absolute Gasteiger partial charge is 0.289 e. The SMILES string of the molecule is O=c1cc2c3c(=O)cc4c(=O)n5c6cc(SOOO)ccc6nc5c5c(=O)cc(c6c(=O)cc7c(c1c(=O)n1c8cc(SOOO)ccc8nc71)c26)c3c45.O=c1cc2c3c(=O)cc4c5c(c(=O)cc(c6c(=O)cc7c(c1c(=O)n1c8cc(SOOO)ccc8nc71)c26)c35)c(=O)n1c2cc(S(=O)(=O)O)ccc2nc41. The molecule has 0 aliphatic rings. The van der Waals surface area contributed by atoms with Crippen LogP contribution < -0.4 is 65.7 Å². The van der Waals surface area contributed by atoms with E-state index in [9.17, 15) is 70.5 Å². The fourth-order valence-electron chi connectivity index (χ4n) is 16.4. The average molecular weight is 1510 g/mol. The summed E-state index contributed by atoms with van der Waals surface area (Å²) in [5.41, 5.74) is -6.43. The molecule has 520 valence electrons. The van der Waals surface area contributed by atoms with E-state index in [0.29, 0.717) is 67.4 Å². The predicted molar refractivity (Wildman–Crippen MR) is 397 cm³/mol. The van der Waals surface area contributed by atoms with Crippen molar-refractivity contribution in [3.63, 3.8) is 0 Å². The summed E-state index contributed by atoms with van der Waals surface area (Å²) in [6, 6.07) is 26.7. The second kappa shape index (κ2) is 21.7. The second-order valence-electron chi connectivity index (χ2n) is 25.4. The third kappa shape index (κ3) is 8.09. The highest BCUT2D eigenvalue weighted by Crippen LogP contribution is 2.46. The highest BCUT2D eigenvalue weighted by atomic mass is 32.2. The predicted octanol–water partition coefficient (Wildman–Crippen LogP) is 7.65. The number of pyridine rings is 4. The topological polar surface area (TPSA) is 444 Å². The Balaban J connectivity index is 0.000000138. The van der Waals surface area contributed by atoms with E-state index in [0.717, 1.165) is 46.9 Å². The number of hydrogen-bond acceptors (Lipinski definition) is 30. The average Bonchev–Trinajstić information content (AvgIpc) is 1.02. The number of fused-ring (bicyclic) bond motifs is 20. The number of nitrogens with zero attached hydrogens (tertiary/aromatic N) is 8. The maximum absolute atomic E-state index is 14.4. The molecule has 14 aromatic carbocycles. The summed E-state index contributed by atoms with van der Waals surface area (Å²) in [5.74, 6) is 0. The van der Waals surface area contributed by atoms with E-state index in [2.05, 4.69) is 48.1 Å². The maximum atomic E-state index is 14.4. The van der Waals surface area contributed by atoms with Crippen molar-refractivity contribution in [2.75, 3.05) is 0 Å². The van der Waals surface area contributed by atoms with Gasteiger partial charge in [-0.05, 0) is 143 Å². The Morgan fingerprint density at radius 2 is 0.537 bits per heavy atom. The zero-order valence-corrected chi connectivity index (χ0v) is 56.0. The molecule has 0 saturated heterocycles. The van der Waals surface area contributed by atoms with Crippen LogP contribution in [0, 0.1) is 0 Å². The van der Waals surface area contributed by atoms with Crippen molar-refractivity contribution in [3.05, 3.63) is 245 Å². The Morgan fingerprint density at radius 3 is 0.870 bits per heavy atom. The number of benzene rings is 14. The van der Waals surface area contributed by atoms with E-state index in [1.165, 1.54) is 55.7 Å². The molecule has 8 heterocycles. The van der Waals surface area contributed by atoms with E-state index >= 15 is 0 Å². The first kappa shape index (κ1) is 63.7. The molecule has 108 heavy (non-hydrogen) atoms. The molecule has 32 nitrogen and oxygen atoms in total. The highest BCUT2D eigenvalue weighted by Gasteiger charge is 2.33. The molecule has 0 unspecified atom stereocenters. The van der Waals surface area contributed by atoms with Gasteiger partial charge in [-0.1, -0.05) is 15.1 Å². The summed E-state index contributed by atoms with van der Waals surface area (Å²) in [7, 11) is -4.69. The quantitative estimate of drug-likeness (QED) is 0.0255. The molecule has 0 fully saturated rings. The standard InChI is InChI=1S/2C36H12N4O12S2/c41-21-9-15-29-27-13(7-23(43)31(29)35(45)39-19-5-11(53-52-51-47)1-3-17(19)37-33(15)39)26-22(42)10-16-30-28(26)14(25(21)27)8-24(44)32(30)36(46)40-20-6-12(54(48,49)50)2-4-18(20)38-34(16)40;41-21-9-15-29-27-14(8-24(44)32(29)36(46)39-19-5-11(53-51-49-47)1-3-17(19)37-33(15)39)26-22(42)10-16-30-28(26)13(25(21)27)7-23(43)31(30)34-38-18-4-2-12(54-52-50-48)6-20(18)40(34)35(16)45/h1-10,47H,(H,48,49,50);1-10,47-48H. The number of hydrogen-bond donors (Lipinski definition) is 4. The minimum absolute atomic E-state index is 0.00538. The molecule has 36 heteroatoms. The van der Waals surface area contributed by atoms with Gasteiger partial charge in [-0.2, -0.15) is 8.42 Å². The maximum Gasteiger partial charge on any atom is 0.294 e. The largest absolute Gasteiger partial charge is 0.294 e. The van der Waals surface area contributed by atoms with E-state index < -0.39 is 80.7 Å². The third-order valence-electron chi connectivity index (χ3n) is 20.3. The van der Waals surface area contributed by atoms with Crippen LogP contribution >= 0.6 is 36.1 Å². The number of imidazole rings is 4. The van der Waals surface area contributed by atoms with Crippen molar-refractivity contribution in [2.45, 2.75) is 19.6 Å². The molecule has 22 aromatic rings. The van der Waals surface area contributed by atoms with Gasteiger partial charge in [0.1, 0.15) is 16.9 Å². The first-order chi connectivity index (χ1) is 52.1. The molecule has 0 atom stereocenters. The summed E-state index contributed by atoms with van der Waals surface area (Å²) in [4.78, 5) is 190. The molecule has 0 saturated carbocycles. The lowest BCUT2D eigenvalue weighted by molar-refractivity contribution is -0.432. The summed E-state index contributed by atoms with van der Waals surface area (Å²) >= 11 is 1.96. The highest BCUT2D eigenvalue weighted by molar-refractivity contribution is 7.95. The normalized spacial score (nSPS) is 12.9. The monoisotopic (exact) mass is 1510 g/mol. The lowest BCUT2D eigenvalue weighted by Crippen LogP contribution is -2.23. The Kier molecular flexibility index (Phi) is 12.8. The summed E-state index contributed by atoms with van der Waals surface area (Å²) in [5, 5.41) is 37.0. The van der Waals surface area contributed by atoms with Crippen molar-refractivity contribution in [1.29, 1.82) is 0 Å². The Bertz CT molecular complexity index is 8910. The lowest BCUT2D eigenvalue weighted by atomic mass is 9.85. The molecule has 0 spiro atoms. The van der Waals surface area contributed by atoms with Crippen molar-refractivity contribution < 1.29 is 56.9 Å². The van der Waals surface area contributed by atoms with Crippen LogP contribution in [0.15, 0.2) is 198 Å². The second-order valence-corrected chi connectivity index (χ2v) is 29.2. The number of aromatic nitrogens is 8. The van der Waals surface area contributed by atoms with Crippen LogP contribution in [0.4, 0.5) is 0 Å². The van der Waals surface area contributed by atoms with E-state index in [-0.39, 0.29) is 179 Å². The van der Waals surface area contributed by atoms with Crippen LogP contribution in [-0.2, 0) is 38.2 Å². The van der Waals surface area contributed by atoms with Gasteiger partial charge in [-0.3, -0.25) is 79.7 Å². The molecule has 4 N–H and O–H groups in total. The molecular weight excluding hydrogens is 1490 g/mol. The molecule has 0 aliphatic carbocycles. The van der Waals surface area contributed by atoms with Gasteiger partial charge in [-0.15, -0.1) is 13.0 Å². The molecule has 22 rings (SSSR count). The Morgan fingerprint density at radius 1 is 0.278 bits per heavy atom. The minimum atomic E-state index is -4.69. The van der Waals surface area contributed by atoms with Crippen molar-refractivity contribution in [3.8, 4) is 0 Å². The van der Waals surface area contributed by atoms with Gasteiger partial charge in [0.05, 0.1) is 112 Å². The fourth-order valence-corrected chi connectivity index (χ4v) is 18.1. The van der Waals surface area contributed by atoms with Gasteiger partial charge in [0.2, 0.25) is 0 Å². The lowest BCUT2D eigenvalue weighted by Gasteiger charge is -2.16. The zero-order chi connectivity index (χ0) is 74.2. The molecule has 0 radical (unpaired) electrons. The van der Waals surface area contributed by atoms with Crippen molar-refractivity contribution >= 4 is 242 Å². The van der Waals surface area contributed by atoms with E-state index in [1.54, 1.807) is 36.4 Å². The zero-order valence-electron chi connectivity index (χ0n) is 52.7. The summed E-state index contributed by atoms with van der Waals surface area (Å²) in [6.07, 6.45) is 0. The van der Waals surface area contributed by atoms with Gasteiger partial charge < -0.3 is 0 Å². The Labute approximate surface area is 597 Å². The van der Waals surface area contributed by atoms with Gasteiger partial charge in [0.25, 0.3) is 32.4 Å². The van der Waals surface area contributed by atoms with Crippen LogP contribution in [0.3, 0.4) is 0 Å². The van der Waals surface area contributed by atoms with E-state index in [1.807, 2.05) is 0 Å². The molecule has 0 aliphatic heterocycles. The van der Waals surface area contributed by atoms with Crippen LogP contribution in [0.25, 0.3) is 196 Å². The summed E-state index contributed by atoms with van der Waals surface area (Å²) in [6.45, 7) is 0. The van der Waals surface area contributed by atoms with Gasteiger partial charge in [0.15, 0.2) is 49.1 Å². The summed E-state index contributed by atoms with van der Waals surface area (Å²) < 4.78 is 51.7. The molecular formula is C72H24N8O24S4. The van der Waals surface area contributed by atoms with Crippen LogP contribution in [-0.4, -0.2) is 66.3 Å². The van der Waals surface area contributed by atoms with Gasteiger partial charge >= 0.3 is 0 Å². The van der Waals surface area contributed by atoms with Crippen LogP contribution in [0.2, 0.25) is 0 Å². The molecule has 8 aromatic heterocycles.